The van der Waals surface area contributed by atoms with Gasteiger partial charge in [-0.1, -0.05) is 6.07 Å². The number of hydrogen-bond acceptors (Lipinski definition) is 8. The molecule has 1 aliphatic heterocycles. The van der Waals surface area contributed by atoms with E-state index in [0.29, 0.717) is 28.4 Å². The van der Waals surface area contributed by atoms with Crippen LogP contribution in [0.15, 0.2) is 42.7 Å². The number of ether oxygens (including phenoxy) is 1. The first-order chi connectivity index (χ1) is 20.9. The number of pyridine rings is 2. The van der Waals surface area contributed by atoms with E-state index in [9.17, 15) is 9.90 Å². The van der Waals surface area contributed by atoms with Gasteiger partial charge in [-0.05, 0) is 96.5 Å². The maximum atomic E-state index is 15.9. The molecule has 11 heteroatoms. The molecule has 0 radical (unpaired) electrons. The Morgan fingerprint density at radius 3 is 2.61 bits per heavy atom. The molecule has 1 fully saturated rings. The molecule has 44 heavy (non-hydrogen) atoms. The minimum Gasteiger partial charge on any atom is -0.496 e. The summed E-state index contributed by atoms with van der Waals surface area (Å²) in [4.78, 5) is 31.5. The number of halogens is 1. The predicted octanol–water partition coefficient (Wildman–Crippen LogP) is 4.71. The zero-order valence-electron chi connectivity index (χ0n) is 26.4. The number of nitrogens with one attached hydrogen (secondary N) is 1. The molecule has 0 bridgehead atoms. The second kappa shape index (κ2) is 13.0. The van der Waals surface area contributed by atoms with Crippen LogP contribution in [-0.2, 0) is 6.54 Å². The predicted molar refractivity (Wildman–Crippen MR) is 170 cm³/mol. The van der Waals surface area contributed by atoms with Crippen molar-refractivity contribution in [1.29, 1.82) is 0 Å². The molecule has 4 heterocycles. The van der Waals surface area contributed by atoms with E-state index in [-0.39, 0.29) is 23.8 Å². The zero-order chi connectivity index (χ0) is 31.6. The van der Waals surface area contributed by atoms with Gasteiger partial charge in [0.1, 0.15) is 11.4 Å². The molecule has 4 aromatic rings. The van der Waals surface area contributed by atoms with Crippen molar-refractivity contribution in [3.05, 3.63) is 65.4 Å². The van der Waals surface area contributed by atoms with E-state index in [0.717, 1.165) is 44.5 Å². The highest BCUT2D eigenvalue weighted by molar-refractivity contribution is 6.05. The molecule has 1 aromatic carbocycles. The Morgan fingerprint density at radius 1 is 1.18 bits per heavy atom. The van der Waals surface area contributed by atoms with Gasteiger partial charge in [0.2, 0.25) is 5.95 Å². The van der Waals surface area contributed by atoms with Crippen LogP contribution < -0.4 is 10.1 Å². The van der Waals surface area contributed by atoms with E-state index in [4.69, 9.17) is 9.72 Å². The van der Waals surface area contributed by atoms with Gasteiger partial charge in [-0.2, -0.15) is 0 Å². The van der Waals surface area contributed by atoms with Crippen molar-refractivity contribution in [2.24, 2.45) is 0 Å². The summed E-state index contributed by atoms with van der Waals surface area (Å²) in [6.07, 6.45) is 5.12. The average molecular weight is 604 g/mol. The van der Waals surface area contributed by atoms with E-state index in [1.54, 1.807) is 31.4 Å². The Morgan fingerprint density at radius 2 is 1.93 bits per heavy atom. The van der Waals surface area contributed by atoms with Crippen LogP contribution in [-0.4, -0.2) is 93.3 Å². The Kier molecular flexibility index (Phi) is 9.28. The second-order valence-corrected chi connectivity index (χ2v) is 12.5. The summed E-state index contributed by atoms with van der Waals surface area (Å²) in [6.45, 7) is 9.49. The number of hydrogen-bond donors (Lipinski definition) is 2. The molecule has 2 N–H and O–H groups in total. The van der Waals surface area contributed by atoms with Crippen LogP contribution in [0, 0.1) is 12.7 Å². The number of benzene rings is 1. The summed E-state index contributed by atoms with van der Waals surface area (Å²) in [6, 6.07) is 9.20. The Hall–Kier alpha value is -3.93. The van der Waals surface area contributed by atoms with E-state index < -0.39 is 17.3 Å². The van der Waals surface area contributed by atoms with Crippen LogP contribution in [0.2, 0.25) is 0 Å². The Bertz CT molecular complexity index is 1640. The number of aliphatic hydroxyl groups is 1. The second-order valence-electron chi connectivity index (χ2n) is 12.5. The molecule has 1 aliphatic rings. The minimum absolute atomic E-state index is 0.0255. The maximum Gasteiger partial charge on any atom is 0.261 e. The largest absolute Gasteiger partial charge is 0.496 e. The molecule has 1 saturated heterocycles. The van der Waals surface area contributed by atoms with Crippen molar-refractivity contribution in [3.63, 3.8) is 0 Å². The highest BCUT2D eigenvalue weighted by Gasteiger charge is 2.26. The Balaban J connectivity index is 1.45. The van der Waals surface area contributed by atoms with Gasteiger partial charge in [-0.15, -0.1) is 0 Å². The molecular weight excluding hydrogens is 561 g/mol. The molecule has 1 amide bonds. The number of piperidine rings is 1. The molecule has 0 saturated carbocycles. The third kappa shape index (κ3) is 7.06. The average Bonchev–Trinajstić information content (AvgIpc) is 3.31. The van der Waals surface area contributed by atoms with Crippen molar-refractivity contribution in [2.75, 3.05) is 52.7 Å². The zero-order valence-corrected chi connectivity index (χ0v) is 26.4. The normalized spacial score (nSPS) is 14.8. The minimum atomic E-state index is -1.09. The maximum absolute atomic E-state index is 15.9. The van der Waals surface area contributed by atoms with Gasteiger partial charge in [0.15, 0.2) is 5.82 Å². The molecule has 5 rings (SSSR count). The molecule has 0 atom stereocenters. The van der Waals surface area contributed by atoms with Crippen LogP contribution in [0.5, 0.6) is 5.75 Å². The summed E-state index contributed by atoms with van der Waals surface area (Å²) in [5, 5.41) is 13.6. The lowest BCUT2D eigenvalue weighted by atomic mass is 9.89. The number of aromatic nitrogens is 4. The highest BCUT2D eigenvalue weighted by Crippen LogP contribution is 2.33. The number of carbonyl (C=O) groups excluding carboxylic acids is 1. The van der Waals surface area contributed by atoms with Crippen molar-refractivity contribution < 1.29 is 19.0 Å². The lowest BCUT2D eigenvalue weighted by Crippen LogP contribution is -2.37. The van der Waals surface area contributed by atoms with E-state index >= 15 is 4.39 Å². The summed E-state index contributed by atoms with van der Waals surface area (Å²) >= 11 is 0. The lowest BCUT2D eigenvalue weighted by molar-refractivity contribution is 0.0630. The third-order valence-electron chi connectivity index (χ3n) is 8.05. The highest BCUT2D eigenvalue weighted by atomic mass is 19.1. The molecular formula is C33H42FN7O3. The molecule has 234 valence electrons. The first-order valence-corrected chi connectivity index (χ1v) is 15.0. The van der Waals surface area contributed by atoms with Gasteiger partial charge in [0.05, 0.1) is 41.4 Å². The number of carbonyl (C=O) groups is 1. The Labute approximate surface area is 257 Å². The van der Waals surface area contributed by atoms with Gasteiger partial charge in [-0.25, -0.2) is 14.4 Å². The van der Waals surface area contributed by atoms with E-state index in [1.165, 1.54) is 31.1 Å². The number of imidazole rings is 1. The fourth-order valence-corrected chi connectivity index (χ4v) is 5.78. The van der Waals surface area contributed by atoms with Crippen LogP contribution >= 0.6 is 0 Å². The fraction of sp³-hybridized carbons (Fsp3) is 0.455. The monoisotopic (exact) mass is 603 g/mol. The van der Waals surface area contributed by atoms with Crippen molar-refractivity contribution >= 4 is 22.9 Å². The summed E-state index contributed by atoms with van der Waals surface area (Å²) in [7, 11) is 5.68. The smallest absolute Gasteiger partial charge is 0.261 e. The number of anilines is 1. The van der Waals surface area contributed by atoms with Gasteiger partial charge in [0.25, 0.3) is 5.91 Å². The molecule has 0 unspecified atom stereocenters. The number of rotatable bonds is 10. The van der Waals surface area contributed by atoms with Crippen molar-refractivity contribution in [2.45, 2.75) is 51.7 Å². The van der Waals surface area contributed by atoms with Crippen molar-refractivity contribution in [3.8, 4) is 17.0 Å². The number of methoxy groups -OCH3 is 1. The van der Waals surface area contributed by atoms with Crippen LogP contribution in [0.4, 0.5) is 10.3 Å². The molecule has 0 aliphatic carbocycles. The number of amides is 1. The number of fused-ring (bicyclic) bond motifs is 1. The molecule has 0 spiro atoms. The number of aryl methyl sites for hydroxylation is 1. The van der Waals surface area contributed by atoms with Gasteiger partial charge in [0, 0.05) is 31.2 Å². The summed E-state index contributed by atoms with van der Waals surface area (Å²) in [5.74, 6) is -0.420. The summed E-state index contributed by atoms with van der Waals surface area (Å²) in [5.41, 5.74) is 2.21. The first kappa shape index (κ1) is 31.5. The quantitative estimate of drug-likeness (QED) is 0.268. The number of likely N-dealkylation sites (tertiary alicyclic amines) is 1. The van der Waals surface area contributed by atoms with Gasteiger partial charge in [-0.3, -0.25) is 15.1 Å². The van der Waals surface area contributed by atoms with E-state index in [2.05, 4.69) is 51.3 Å². The van der Waals surface area contributed by atoms with Gasteiger partial charge < -0.3 is 24.2 Å². The third-order valence-corrected chi connectivity index (χ3v) is 8.05. The fourth-order valence-electron chi connectivity index (χ4n) is 5.78. The van der Waals surface area contributed by atoms with Crippen LogP contribution in [0.3, 0.4) is 0 Å². The van der Waals surface area contributed by atoms with Crippen LogP contribution in [0.1, 0.15) is 54.2 Å². The van der Waals surface area contributed by atoms with Crippen LogP contribution in [0.25, 0.3) is 22.3 Å². The van der Waals surface area contributed by atoms with Crippen molar-refractivity contribution in [1.82, 2.24) is 29.3 Å². The SMILES string of the molecule is COc1ccncc1-c1nc(C)cc(C(=O)Nc2nc3ccc(C4CCN(CCN(C)C)CC4)cc3n2CC(C)(C)O)c1F. The standard InChI is InChI=1S/C33H42FN7O3/c1-21-17-24(29(34)30(36-21)25-19-35-12-9-28(25)44-6)31(42)38-32-37-26-8-7-23(18-27(26)41(32)20-33(2,3)43)22-10-13-40(14-11-22)16-15-39(4)5/h7-9,12,17-19,22,43H,10-11,13-16,20H2,1-6H3,(H,37,38,42). The van der Waals surface area contributed by atoms with Gasteiger partial charge >= 0.3 is 0 Å². The number of nitrogens with zero attached hydrogens (tertiary/aromatic N) is 6. The topological polar surface area (TPSA) is 109 Å². The number of likely N-dealkylation sites (N-methyl/N-ethyl adjacent to an activating group) is 1. The molecule has 3 aromatic heterocycles. The molecule has 10 nitrogen and oxygen atoms in total. The lowest BCUT2D eigenvalue weighted by Gasteiger charge is -2.32. The summed E-state index contributed by atoms with van der Waals surface area (Å²) < 4.78 is 23.1. The first-order valence-electron chi connectivity index (χ1n) is 15.0. The van der Waals surface area contributed by atoms with E-state index in [1.807, 2.05) is 6.07 Å².